The fourth-order valence-electron chi connectivity index (χ4n) is 1.47. The van der Waals surface area contributed by atoms with Gasteiger partial charge in [0.15, 0.2) is 0 Å². The second-order valence-corrected chi connectivity index (χ2v) is 4.98. The van der Waals surface area contributed by atoms with Gasteiger partial charge in [-0.1, -0.05) is 6.07 Å². The van der Waals surface area contributed by atoms with Crippen LogP contribution in [0.3, 0.4) is 0 Å². The summed E-state index contributed by atoms with van der Waals surface area (Å²) in [5.41, 5.74) is 0.846. The third-order valence-corrected chi connectivity index (χ3v) is 3.19. The van der Waals surface area contributed by atoms with E-state index >= 15 is 0 Å². The Morgan fingerprint density at radius 2 is 2.20 bits per heavy atom. The van der Waals surface area contributed by atoms with Gasteiger partial charge in [-0.3, -0.25) is 0 Å². The van der Waals surface area contributed by atoms with Crippen molar-refractivity contribution in [3.63, 3.8) is 0 Å². The van der Waals surface area contributed by atoms with E-state index in [1.807, 2.05) is 24.3 Å². The number of amides is 2. The van der Waals surface area contributed by atoms with Gasteiger partial charge < -0.3 is 10.6 Å². The van der Waals surface area contributed by atoms with E-state index in [9.17, 15) is 4.79 Å². The summed E-state index contributed by atoms with van der Waals surface area (Å²) in [6.07, 6.45) is 3.45. The molecule has 0 atom stereocenters. The average molecular weight is 316 g/mol. The molecule has 4 heteroatoms. The number of benzene rings is 1. The van der Waals surface area contributed by atoms with E-state index in [0.717, 1.165) is 22.1 Å². The number of anilines is 1. The highest BCUT2D eigenvalue weighted by Crippen LogP contribution is 2.18. The molecule has 1 aliphatic rings. The highest BCUT2D eigenvalue weighted by atomic mass is 127. The summed E-state index contributed by atoms with van der Waals surface area (Å²) < 4.78 is 1.12. The first-order valence-corrected chi connectivity index (χ1v) is 6.15. The number of halogens is 1. The summed E-state index contributed by atoms with van der Waals surface area (Å²) in [7, 11) is 0. The minimum atomic E-state index is -0.0956. The predicted octanol–water partition coefficient (Wildman–Crippen LogP) is 2.97. The highest BCUT2D eigenvalue weighted by Gasteiger charge is 2.19. The molecule has 2 amide bonds. The van der Waals surface area contributed by atoms with Gasteiger partial charge in [0.1, 0.15) is 0 Å². The first-order valence-electron chi connectivity index (χ1n) is 5.07. The van der Waals surface area contributed by atoms with Crippen LogP contribution in [0.1, 0.15) is 19.3 Å². The normalized spacial score (nSPS) is 15.5. The van der Waals surface area contributed by atoms with E-state index in [4.69, 9.17) is 0 Å². The first-order chi connectivity index (χ1) is 7.24. The molecule has 0 aliphatic heterocycles. The number of urea groups is 1. The lowest BCUT2D eigenvalue weighted by molar-refractivity contribution is 0.240. The molecule has 15 heavy (non-hydrogen) atoms. The molecule has 2 rings (SSSR count). The maximum atomic E-state index is 11.5. The van der Waals surface area contributed by atoms with Crippen LogP contribution >= 0.6 is 22.6 Å². The monoisotopic (exact) mass is 316 g/mol. The lowest BCUT2D eigenvalue weighted by atomic mass is 9.93. The van der Waals surface area contributed by atoms with Gasteiger partial charge >= 0.3 is 6.03 Å². The van der Waals surface area contributed by atoms with E-state index in [1.54, 1.807) is 0 Å². The first kappa shape index (κ1) is 10.7. The van der Waals surface area contributed by atoms with E-state index in [1.165, 1.54) is 6.42 Å². The van der Waals surface area contributed by atoms with Gasteiger partial charge in [-0.15, -0.1) is 0 Å². The summed E-state index contributed by atoms with van der Waals surface area (Å²) in [5, 5.41) is 5.76. The molecular formula is C11H13IN2O. The summed E-state index contributed by atoms with van der Waals surface area (Å²) in [5.74, 6) is 0. The van der Waals surface area contributed by atoms with Gasteiger partial charge in [0.2, 0.25) is 0 Å². The fraction of sp³-hybridized carbons (Fsp3) is 0.364. The number of hydrogen-bond donors (Lipinski definition) is 2. The fourth-order valence-corrected chi connectivity index (χ4v) is 2.01. The molecule has 0 spiro atoms. The molecule has 0 aromatic heterocycles. The Balaban J connectivity index is 1.87. The minimum absolute atomic E-state index is 0.0956. The third kappa shape index (κ3) is 3.09. The van der Waals surface area contributed by atoms with Crippen LogP contribution in [-0.4, -0.2) is 12.1 Å². The largest absolute Gasteiger partial charge is 0.335 e. The molecule has 0 bridgehead atoms. The Labute approximate surface area is 103 Å². The molecule has 1 aromatic carbocycles. The average Bonchev–Trinajstić information content (AvgIpc) is 2.11. The van der Waals surface area contributed by atoms with Crippen molar-refractivity contribution in [3.05, 3.63) is 27.8 Å². The Morgan fingerprint density at radius 3 is 2.80 bits per heavy atom. The number of hydrogen-bond acceptors (Lipinski definition) is 1. The number of rotatable bonds is 2. The van der Waals surface area contributed by atoms with Crippen molar-refractivity contribution in [2.45, 2.75) is 25.3 Å². The Morgan fingerprint density at radius 1 is 1.40 bits per heavy atom. The second kappa shape index (κ2) is 4.83. The lowest BCUT2D eigenvalue weighted by Crippen LogP contribution is -2.41. The molecule has 1 aromatic rings. The summed E-state index contributed by atoms with van der Waals surface area (Å²) in [4.78, 5) is 11.5. The third-order valence-electron chi connectivity index (χ3n) is 2.52. The molecule has 80 valence electrons. The standard InChI is InChI=1S/C11H13IN2O/c12-8-3-1-6-10(7-8)14-11(15)13-9-4-2-5-9/h1,3,6-7,9H,2,4-5H2,(H2,13,14,15). The maximum Gasteiger partial charge on any atom is 0.319 e. The van der Waals surface area contributed by atoms with Crippen molar-refractivity contribution in [3.8, 4) is 0 Å². The molecule has 3 nitrogen and oxygen atoms in total. The lowest BCUT2D eigenvalue weighted by Gasteiger charge is -2.26. The zero-order valence-electron chi connectivity index (χ0n) is 8.29. The van der Waals surface area contributed by atoms with Crippen LogP contribution < -0.4 is 10.6 Å². The Bertz CT molecular complexity index is 363. The van der Waals surface area contributed by atoms with Crippen molar-refractivity contribution in [1.82, 2.24) is 5.32 Å². The van der Waals surface area contributed by atoms with E-state index in [0.29, 0.717) is 6.04 Å². The van der Waals surface area contributed by atoms with E-state index < -0.39 is 0 Å². The van der Waals surface area contributed by atoms with Crippen LogP contribution in [0.4, 0.5) is 10.5 Å². The molecule has 0 unspecified atom stereocenters. The summed E-state index contributed by atoms with van der Waals surface area (Å²) in [6, 6.07) is 8.05. The predicted molar refractivity (Wildman–Crippen MR) is 69.0 cm³/mol. The molecule has 0 saturated heterocycles. The van der Waals surface area contributed by atoms with Gasteiger partial charge in [0, 0.05) is 15.3 Å². The van der Waals surface area contributed by atoms with Gasteiger partial charge in [0.05, 0.1) is 0 Å². The van der Waals surface area contributed by atoms with Crippen molar-refractivity contribution >= 4 is 34.3 Å². The zero-order chi connectivity index (χ0) is 10.7. The second-order valence-electron chi connectivity index (χ2n) is 3.74. The van der Waals surface area contributed by atoms with Crippen molar-refractivity contribution < 1.29 is 4.79 Å². The Hall–Kier alpha value is -0.780. The highest BCUT2D eigenvalue weighted by molar-refractivity contribution is 14.1. The number of carbonyl (C=O) groups excluding carboxylic acids is 1. The van der Waals surface area contributed by atoms with Crippen molar-refractivity contribution in [2.75, 3.05) is 5.32 Å². The van der Waals surface area contributed by atoms with Crippen LogP contribution in [-0.2, 0) is 0 Å². The molecular weight excluding hydrogens is 303 g/mol. The summed E-state index contributed by atoms with van der Waals surface area (Å²) in [6.45, 7) is 0. The molecule has 0 heterocycles. The quantitative estimate of drug-likeness (QED) is 0.809. The smallest absolute Gasteiger partial charge is 0.319 e. The number of nitrogens with one attached hydrogen (secondary N) is 2. The minimum Gasteiger partial charge on any atom is -0.335 e. The SMILES string of the molecule is O=C(Nc1cccc(I)c1)NC1CCC1. The molecule has 1 aliphatic carbocycles. The van der Waals surface area contributed by atoms with Crippen LogP contribution in [0.25, 0.3) is 0 Å². The van der Waals surface area contributed by atoms with Gasteiger partial charge in [-0.05, 0) is 60.1 Å². The topological polar surface area (TPSA) is 41.1 Å². The van der Waals surface area contributed by atoms with Gasteiger partial charge in [0.25, 0.3) is 0 Å². The van der Waals surface area contributed by atoms with Crippen LogP contribution in [0, 0.1) is 3.57 Å². The Kier molecular flexibility index (Phi) is 3.45. The van der Waals surface area contributed by atoms with Crippen molar-refractivity contribution in [1.29, 1.82) is 0 Å². The van der Waals surface area contributed by atoms with E-state index in [2.05, 4.69) is 33.2 Å². The van der Waals surface area contributed by atoms with Crippen LogP contribution in [0.2, 0.25) is 0 Å². The molecule has 1 saturated carbocycles. The van der Waals surface area contributed by atoms with Gasteiger partial charge in [-0.2, -0.15) is 0 Å². The van der Waals surface area contributed by atoms with E-state index in [-0.39, 0.29) is 6.03 Å². The summed E-state index contributed by atoms with van der Waals surface area (Å²) >= 11 is 2.22. The molecule has 1 fully saturated rings. The molecule has 2 N–H and O–H groups in total. The zero-order valence-corrected chi connectivity index (χ0v) is 10.5. The molecule has 0 radical (unpaired) electrons. The van der Waals surface area contributed by atoms with Gasteiger partial charge in [-0.25, -0.2) is 4.79 Å². The van der Waals surface area contributed by atoms with Crippen LogP contribution in [0.15, 0.2) is 24.3 Å². The maximum absolute atomic E-state index is 11.5. The van der Waals surface area contributed by atoms with Crippen LogP contribution in [0.5, 0.6) is 0 Å². The van der Waals surface area contributed by atoms with Crippen molar-refractivity contribution in [2.24, 2.45) is 0 Å². The number of carbonyl (C=O) groups is 1.